The van der Waals surface area contributed by atoms with Crippen LogP contribution < -0.4 is 15.4 Å². The highest BCUT2D eigenvalue weighted by Gasteiger charge is 2.09. The Morgan fingerprint density at radius 1 is 1.12 bits per heavy atom. The van der Waals surface area contributed by atoms with Crippen molar-refractivity contribution in [3.63, 3.8) is 0 Å². The van der Waals surface area contributed by atoms with E-state index < -0.39 is 0 Å². The Hall–Kier alpha value is -2.93. The van der Waals surface area contributed by atoms with Gasteiger partial charge < -0.3 is 20.8 Å². The Labute approximate surface area is 203 Å². The summed E-state index contributed by atoms with van der Waals surface area (Å²) in [6.45, 7) is 13.0. The van der Waals surface area contributed by atoms with Crippen molar-refractivity contribution < 1.29 is 4.74 Å². The maximum Gasteiger partial charge on any atom is 0.217 e. The molecule has 180 valence electrons. The number of rotatable bonds is 10. The third-order valence-corrected chi connectivity index (χ3v) is 5.26. The van der Waals surface area contributed by atoms with Gasteiger partial charge in [0.2, 0.25) is 5.88 Å². The number of aromatic nitrogens is 2. The van der Waals surface area contributed by atoms with Crippen LogP contribution in [0.15, 0.2) is 48.0 Å². The zero-order valence-electron chi connectivity index (χ0n) is 20.7. The van der Waals surface area contributed by atoms with E-state index in [1.807, 2.05) is 68.7 Å². The number of nitrogens with two attached hydrogens (primary N) is 1. The van der Waals surface area contributed by atoms with Crippen molar-refractivity contribution in [1.29, 1.82) is 5.41 Å². The van der Waals surface area contributed by atoms with Crippen LogP contribution in [0.3, 0.4) is 0 Å². The summed E-state index contributed by atoms with van der Waals surface area (Å²) in [7, 11) is 0. The maximum atomic E-state index is 6.92. The molecular weight excluding hydrogens is 430 g/mol. The molecule has 0 aliphatic carbocycles. The molecule has 0 aliphatic rings. The molecule has 0 saturated carbocycles. The van der Waals surface area contributed by atoms with E-state index in [-0.39, 0.29) is 0 Å². The number of anilines is 2. The van der Waals surface area contributed by atoms with Crippen LogP contribution in [0.5, 0.6) is 5.88 Å². The molecule has 2 aromatic heterocycles. The Bertz CT molecular complexity index is 909. The van der Waals surface area contributed by atoms with Gasteiger partial charge in [-0.1, -0.05) is 57.5 Å². The molecule has 6 nitrogen and oxygen atoms in total. The number of nitrogen functional groups attached to an aromatic ring is 1. The molecule has 0 radical (unpaired) electrons. The van der Waals surface area contributed by atoms with E-state index in [4.69, 9.17) is 15.9 Å². The second kappa shape index (κ2) is 16.7. The first-order valence-electron chi connectivity index (χ1n) is 11.7. The lowest BCUT2D eigenvalue weighted by molar-refractivity contribution is 0.310. The van der Waals surface area contributed by atoms with Crippen LogP contribution in [0, 0.1) is 12.3 Å². The smallest absolute Gasteiger partial charge is 0.217 e. The van der Waals surface area contributed by atoms with Crippen molar-refractivity contribution in [2.75, 3.05) is 30.3 Å². The van der Waals surface area contributed by atoms with Crippen LogP contribution in [-0.2, 0) is 6.42 Å². The number of hydrogen-bond donors (Lipinski definition) is 2. The fourth-order valence-electron chi connectivity index (χ4n) is 3.06. The van der Waals surface area contributed by atoms with Crippen LogP contribution in [0.1, 0.15) is 56.7 Å². The number of thiazole rings is 1. The van der Waals surface area contributed by atoms with Crippen molar-refractivity contribution in [3.05, 3.63) is 64.1 Å². The molecule has 0 aliphatic heterocycles. The summed E-state index contributed by atoms with van der Waals surface area (Å²) in [4.78, 5) is 10.8. The zero-order valence-corrected chi connectivity index (χ0v) is 21.5. The molecule has 2 heterocycles. The molecule has 3 rings (SSSR count). The number of ether oxygens (including phenoxy) is 1. The van der Waals surface area contributed by atoms with Crippen LogP contribution >= 0.6 is 11.3 Å². The zero-order chi connectivity index (χ0) is 24.5. The fourth-order valence-corrected chi connectivity index (χ4v) is 3.66. The van der Waals surface area contributed by atoms with Crippen molar-refractivity contribution in [2.45, 2.75) is 53.9 Å². The van der Waals surface area contributed by atoms with Crippen molar-refractivity contribution >= 4 is 29.1 Å². The van der Waals surface area contributed by atoms with Crippen molar-refractivity contribution in [1.82, 2.24) is 9.97 Å². The first kappa shape index (κ1) is 28.1. The van der Waals surface area contributed by atoms with Gasteiger partial charge in [0.15, 0.2) is 0 Å². The Morgan fingerprint density at radius 3 is 2.39 bits per heavy atom. The van der Waals surface area contributed by atoms with Crippen LogP contribution in [0.4, 0.5) is 11.5 Å². The summed E-state index contributed by atoms with van der Waals surface area (Å²) in [6.07, 6.45) is 6.15. The van der Waals surface area contributed by atoms with Crippen LogP contribution in [0.25, 0.3) is 0 Å². The number of aryl methyl sites for hydroxylation is 1. The quantitative estimate of drug-likeness (QED) is 0.336. The van der Waals surface area contributed by atoms with Gasteiger partial charge in [-0.25, -0.2) is 4.98 Å². The van der Waals surface area contributed by atoms with Crippen molar-refractivity contribution in [2.24, 2.45) is 0 Å². The summed E-state index contributed by atoms with van der Waals surface area (Å²) in [6, 6.07) is 11.8. The number of benzene rings is 1. The molecule has 0 amide bonds. The highest BCUT2D eigenvalue weighted by atomic mass is 32.1. The summed E-state index contributed by atoms with van der Waals surface area (Å²) in [5, 5.41) is 9.96. The largest absolute Gasteiger partial charge is 0.477 e. The fraction of sp³-hybridized carbons (Fsp3) is 0.423. The average Bonchev–Trinajstić information content (AvgIpc) is 3.34. The van der Waals surface area contributed by atoms with E-state index in [0.717, 1.165) is 48.6 Å². The van der Waals surface area contributed by atoms with E-state index in [1.165, 1.54) is 11.8 Å². The predicted octanol–water partition coefficient (Wildman–Crippen LogP) is 6.39. The molecule has 3 N–H and O–H groups in total. The van der Waals surface area contributed by atoms with Crippen LogP contribution in [-0.4, -0.2) is 35.9 Å². The molecule has 3 aromatic rings. The van der Waals surface area contributed by atoms with Gasteiger partial charge in [0.25, 0.3) is 0 Å². The number of nitrogens with zero attached hydrogens (tertiary/aromatic N) is 3. The Balaban J connectivity index is 0.000000412. The maximum absolute atomic E-state index is 6.92. The highest BCUT2D eigenvalue weighted by Crippen LogP contribution is 2.23. The molecule has 0 unspecified atom stereocenters. The summed E-state index contributed by atoms with van der Waals surface area (Å²) >= 11 is 1.64. The normalized spacial score (nSPS) is 9.73. The van der Waals surface area contributed by atoms with E-state index in [0.29, 0.717) is 18.3 Å². The van der Waals surface area contributed by atoms with Gasteiger partial charge in [-0.3, -0.25) is 0 Å². The first-order chi connectivity index (χ1) is 16.0. The van der Waals surface area contributed by atoms with Gasteiger partial charge in [0.1, 0.15) is 5.82 Å². The van der Waals surface area contributed by atoms with Gasteiger partial charge in [-0.05, 0) is 25.3 Å². The first-order valence-corrected chi connectivity index (χ1v) is 12.5. The number of pyridine rings is 1. The monoisotopic (exact) mass is 469 g/mol. The van der Waals surface area contributed by atoms with Crippen LogP contribution in [0.2, 0.25) is 0 Å². The molecular formula is C26H39N5OS. The van der Waals surface area contributed by atoms with Gasteiger partial charge in [-0.15, -0.1) is 11.3 Å². The minimum atomic E-state index is 0.499. The van der Waals surface area contributed by atoms with Crippen molar-refractivity contribution in [3.8, 4) is 5.88 Å². The average molecular weight is 470 g/mol. The molecule has 33 heavy (non-hydrogen) atoms. The van der Waals surface area contributed by atoms with E-state index >= 15 is 0 Å². The molecule has 7 heteroatoms. The van der Waals surface area contributed by atoms with Gasteiger partial charge in [0.05, 0.1) is 11.6 Å². The lowest BCUT2D eigenvalue weighted by Crippen LogP contribution is -2.25. The topological polar surface area (TPSA) is 88.1 Å². The highest BCUT2D eigenvalue weighted by molar-refractivity contribution is 7.09. The minimum absolute atomic E-state index is 0.499. The number of nitrogens with one attached hydrogen (secondary N) is 1. The summed E-state index contributed by atoms with van der Waals surface area (Å²) < 4.78 is 5.76. The van der Waals surface area contributed by atoms with E-state index in [9.17, 15) is 0 Å². The second-order valence-corrected chi connectivity index (χ2v) is 8.14. The summed E-state index contributed by atoms with van der Waals surface area (Å²) in [5.41, 5.74) is 9.18. The molecule has 0 atom stereocenters. The predicted molar refractivity (Wildman–Crippen MR) is 143 cm³/mol. The van der Waals surface area contributed by atoms with E-state index in [1.54, 1.807) is 11.3 Å². The Kier molecular flexibility index (Phi) is 14.2. The second-order valence-electron chi connectivity index (χ2n) is 7.16. The Morgan fingerprint density at radius 2 is 1.85 bits per heavy atom. The lowest BCUT2D eigenvalue weighted by Gasteiger charge is -2.24. The standard InChI is InChI=1S/C16H24N4OS.C8H9N.C2H6/c1-3-7-20(8-4-2)13-11-14(17)19-15(12-13)21-9-5-16-18-6-10-22-16;1-7-3-2-4-8(5-7)6-9;1-2/h6,10-12H,3-5,7-9H2,1-2H3,(H2,17,19);2-6,9H,1H3;1-2H3. The molecule has 0 bridgehead atoms. The molecule has 0 fully saturated rings. The third kappa shape index (κ3) is 11.0. The lowest BCUT2D eigenvalue weighted by atomic mass is 10.2. The summed E-state index contributed by atoms with van der Waals surface area (Å²) in [5.74, 6) is 1.09. The molecule has 0 saturated heterocycles. The minimum Gasteiger partial charge on any atom is -0.477 e. The molecule has 1 aromatic carbocycles. The SMILES string of the molecule is CC.CCCN(CCC)c1cc(N)nc(OCCc2nccs2)c1.Cc1cccc(C=N)c1. The van der Waals surface area contributed by atoms with Gasteiger partial charge >= 0.3 is 0 Å². The third-order valence-electron chi connectivity index (χ3n) is 4.42. The van der Waals surface area contributed by atoms with Gasteiger partial charge in [0, 0.05) is 55.1 Å². The van der Waals surface area contributed by atoms with E-state index in [2.05, 4.69) is 28.7 Å². The molecule has 0 spiro atoms. The van der Waals surface area contributed by atoms with Gasteiger partial charge in [-0.2, -0.15) is 4.98 Å². The number of hydrogen-bond acceptors (Lipinski definition) is 7.